The molecule has 3 heterocycles. The topological polar surface area (TPSA) is 76.6 Å². The molecule has 0 radical (unpaired) electrons. The zero-order valence-corrected chi connectivity index (χ0v) is 17.6. The standard InChI is InChI=1S/C21H28N4O3S/c1-27-18-7-3-2-6-17(18)21-24-23-20(29-21)15-8-10-25(11-9-15)14-19(26)22-13-16-5-4-12-28-16/h2-3,6-7,15-16H,4-5,8-14H2,1H3,(H,22,26). The molecular weight excluding hydrogens is 388 g/mol. The largest absolute Gasteiger partial charge is 0.496 e. The van der Waals surface area contributed by atoms with Gasteiger partial charge < -0.3 is 14.8 Å². The Morgan fingerprint density at radius 2 is 2.10 bits per heavy atom. The van der Waals surface area contributed by atoms with E-state index in [1.54, 1.807) is 18.4 Å². The fourth-order valence-electron chi connectivity index (χ4n) is 3.96. The molecule has 1 aromatic heterocycles. The molecule has 0 saturated carbocycles. The summed E-state index contributed by atoms with van der Waals surface area (Å²) in [4.78, 5) is 14.4. The van der Waals surface area contributed by atoms with E-state index in [9.17, 15) is 4.79 Å². The summed E-state index contributed by atoms with van der Waals surface area (Å²) in [5.41, 5.74) is 0.985. The van der Waals surface area contributed by atoms with Crippen LogP contribution in [-0.4, -0.2) is 67.0 Å². The van der Waals surface area contributed by atoms with Crippen molar-refractivity contribution in [3.8, 4) is 16.3 Å². The molecule has 2 aliphatic heterocycles. The number of nitrogens with one attached hydrogen (secondary N) is 1. The second-order valence-corrected chi connectivity index (χ2v) is 8.64. The van der Waals surface area contributed by atoms with Gasteiger partial charge in [-0.3, -0.25) is 9.69 Å². The van der Waals surface area contributed by atoms with Gasteiger partial charge in [-0.1, -0.05) is 23.5 Å². The lowest BCUT2D eigenvalue weighted by atomic mass is 9.98. The molecule has 29 heavy (non-hydrogen) atoms. The number of aromatic nitrogens is 2. The summed E-state index contributed by atoms with van der Waals surface area (Å²) < 4.78 is 11.0. The number of nitrogens with zero attached hydrogens (tertiary/aromatic N) is 3. The van der Waals surface area contributed by atoms with Crippen molar-refractivity contribution in [2.45, 2.75) is 37.7 Å². The van der Waals surface area contributed by atoms with Gasteiger partial charge in [-0.25, -0.2) is 0 Å². The Morgan fingerprint density at radius 1 is 1.28 bits per heavy atom. The Labute approximate surface area is 175 Å². The minimum Gasteiger partial charge on any atom is -0.496 e. The maximum absolute atomic E-state index is 12.2. The minimum absolute atomic E-state index is 0.0910. The van der Waals surface area contributed by atoms with Gasteiger partial charge in [-0.15, -0.1) is 10.2 Å². The number of para-hydroxylation sites is 1. The van der Waals surface area contributed by atoms with Gasteiger partial charge in [0.1, 0.15) is 10.8 Å². The molecule has 2 aromatic rings. The Kier molecular flexibility index (Phi) is 6.74. The van der Waals surface area contributed by atoms with Crippen molar-refractivity contribution < 1.29 is 14.3 Å². The number of likely N-dealkylation sites (tertiary alicyclic amines) is 1. The number of hydrogen-bond acceptors (Lipinski definition) is 7. The quantitative estimate of drug-likeness (QED) is 0.748. The lowest BCUT2D eigenvalue weighted by Crippen LogP contribution is -2.42. The summed E-state index contributed by atoms with van der Waals surface area (Å²) in [6.07, 6.45) is 4.33. The second-order valence-electron chi connectivity index (χ2n) is 7.64. The number of methoxy groups -OCH3 is 1. The number of ether oxygens (including phenoxy) is 2. The van der Waals surface area contributed by atoms with Gasteiger partial charge in [0, 0.05) is 19.1 Å². The van der Waals surface area contributed by atoms with Crippen LogP contribution >= 0.6 is 11.3 Å². The Bertz CT molecular complexity index is 814. The van der Waals surface area contributed by atoms with Gasteiger partial charge in [0.15, 0.2) is 5.01 Å². The van der Waals surface area contributed by atoms with Gasteiger partial charge in [0.25, 0.3) is 0 Å². The van der Waals surface area contributed by atoms with Crippen molar-refractivity contribution in [1.82, 2.24) is 20.4 Å². The van der Waals surface area contributed by atoms with E-state index in [2.05, 4.69) is 20.4 Å². The fraction of sp³-hybridized carbons (Fsp3) is 0.571. The highest BCUT2D eigenvalue weighted by atomic mass is 32.1. The van der Waals surface area contributed by atoms with Gasteiger partial charge in [-0.2, -0.15) is 0 Å². The van der Waals surface area contributed by atoms with Crippen LogP contribution in [0, 0.1) is 0 Å². The van der Waals surface area contributed by atoms with E-state index in [4.69, 9.17) is 9.47 Å². The Balaban J connectivity index is 1.26. The Hall–Kier alpha value is -2.03. The van der Waals surface area contributed by atoms with Gasteiger partial charge in [0.2, 0.25) is 5.91 Å². The molecule has 1 amide bonds. The summed E-state index contributed by atoms with van der Waals surface area (Å²) in [5.74, 6) is 1.31. The first-order valence-corrected chi connectivity index (χ1v) is 11.1. The van der Waals surface area contributed by atoms with Gasteiger partial charge >= 0.3 is 0 Å². The number of hydrogen-bond donors (Lipinski definition) is 1. The highest BCUT2D eigenvalue weighted by Gasteiger charge is 2.25. The van der Waals surface area contributed by atoms with Crippen LogP contribution < -0.4 is 10.1 Å². The molecule has 1 aromatic carbocycles. The average molecular weight is 417 g/mol. The van der Waals surface area contributed by atoms with Gasteiger partial charge in [0.05, 0.1) is 25.3 Å². The van der Waals surface area contributed by atoms with Crippen molar-refractivity contribution in [2.24, 2.45) is 0 Å². The molecule has 8 heteroatoms. The highest BCUT2D eigenvalue weighted by Crippen LogP contribution is 2.36. The molecule has 1 N–H and O–H groups in total. The molecule has 156 valence electrons. The third-order valence-electron chi connectivity index (χ3n) is 5.63. The van der Waals surface area contributed by atoms with E-state index >= 15 is 0 Å². The first-order chi connectivity index (χ1) is 14.2. The average Bonchev–Trinajstić information content (AvgIpc) is 3.45. The van der Waals surface area contributed by atoms with Crippen molar-refractivity contribution >= 4 is 17.2 Å². The van der Waals surface area contributed by atoms with E-state index < -0.39 is 0 Å². The summed E-state index contributed by atoms with van der Waals surface area (Å²) in [6, 6.07) is 7.90. The lowest BCUT2D eigenvalue weighted by molar-refractivity contribution is -0.123. The van der Waals surface area contributed by atoms with Crippen molar-refractivity contribution in [2.75, 3.05) is 39.9 Å². The van der Waals surface area contributed by atoms with E-state index in [0.29, 0.717) is 19.0 Å². The number of carbonyl (C=O) groups is 1. The highest BCUT2D eigenvalue weighted by molar-refractivity contribution is 7.14. The van der Waals surface area contributed by atoms with Crippen LogP contribution in [0.1, 0.15) is 36.6 Å². The molecule has 2 fully saturated rings. The summed E-state index contributed by atoms with van der Waals surface area (Å²) in [6.45, 7) is 3.72. The fourth-order valence-corrected chi connectivity index (χ4v) is 5.00. The lowest BCUT2D eigenvalue weighted by Gasteiger charge is -2.30. The number of piperidine rings is 1. The van der Waals surface area contributed by atoms with Crippen LogP contribution in [0.15, 0.2) is 24.3 Å². The molecule has 1 atom stereocenters. The first kappa shape index (κ1) is 20.3. The molecule has 4 rings (SSSR count). The van der Waals surface area contributed by atoms with Crippen LogP contribution in [0.2, 0.25) is 0 Å². The molecule has 1 unspecified atom stereocenters. The SMILES string of the molecule is COc1ccccc1-c1nnc(C2CCN(CC(=O)NCC3CCCO3)CC2)s1. The molecule has 7 nitrogen and oxygen atoms in total. The molecule has 2 saturated heterocycles. The second kappa shape index (κ2) is 9.65. The smallest absolute Gasteiger partial charge is 0.234 e. The number of amides is 1. The van der Waals surface area contributed by atoms with E-state index in [-0.39, 0.29) is 12.0 Å². The van der Waals surface area contributed by atoms with Crippen LogP contribution in [0.5, 0.6) is 5.75 Å². The van der Waals surface area contributed by atoms with Crippen LogP contribution in [0.4, 0.5) is 0 Å². The summed E-state index contributed by atoms with van der Waals surface area (Å²) in [7, 11) is 1.67. The first-order valence-electron chi connectivity index (χ1n) is 10.3. The number of rotatable bonds is 7. The Morgan fingerprint density at radius 3 is 2.86 bits per heavy atom. The van der Waals surface area contributed by atoms with Crippen LogP contribution in [-0.2, 0) is 9.53 Å². The molecule has 2 aliphatic rings. The van der Waals surface area contributed by atoms with Crippen LogP contribution in [0.3, 0.4) is 0 Å². The monoisotopic (exact) mass is 416 g/mol. The molecular formula is C21H28N4O3S. The zero-order chi connectivity index (χ0) is 20.1. The zero-order valence-electron chi connectivity index (χ0n) is 16.8. The van der Waals surface area contributed by atoms with Gasteiger partial charge in [-0.05, 0) is 50.9 Å². The third kappa shape index (κ3) is 5.12. The number of benzene rings is 1. The van der Waals surface area contributed by atoms with E-state index in [1.165, 1.54) is 0 Å². The molecule has 0 aliphatic carbocycles. The predicted molar refractivity (Wildman–Crippen MR) is 112 cm³/mol. The third-order valence-corrected chi connectivity index (χ3v) is 6.75. The van der Waals surface area contributed by atoms with E-state index in [0.717, 1.165) is 66.7 Å². The predicted octanol–water partition coefficient (Wildman–Crippen LogP) is 2.69. The minimum atomic E-state index is 0.0910. The molecule has 0 spiro atoms. The maximum atomic E-state index is 12.2. The normalized spacial score (nSPS) is 20.7. The van der Waals surface area contributed by atoms with E-state index in [1.807, 2.05) is 24.3 Å². The van der Waals surface area contributed by atoms with Crippen molar-refractivity contribution in [3.05, 3.63) is 29.3 Å². The maximum Gasteiger partial charge on any atom is 0.234 e. The van der Waals surface area contributed by atoms with Crippen molar-refractivity contribution in [3.63, 3.8) is 0 Å². The summed E-state index contributed by atoms with van der Waals surface area (Å²) in [5, 5.41) is 13.8. The summed E-state index contributed by atoms with van der Waals surface area (Å²) >= 11 is 1.65. The van der Waals surface area contributed by atoms with Crippen LogP contribution in [0.25, 0.3) is 10.6 Å². The number of carbonyl (C=O) groups excluding carboxylic acids is 1. The molecule has 0 bridgehead atoms. The van der Waals surface area contributed by atoms with Crippen molar-refractivity contribution in [1.29, 1.82) is 0 Å².